The van der Waals surface area contributed by atoms with E-state index in [0.717, 1.165) is 42.5 Å². The summed E-state index contributed by atoms with van der Waals surface area (Å²) in [5.41, 5.74) is 2.66. The largest absolute Gasteiger partial charge is 0.494 e. The number of carbonyl (C=O) groups is 2. The standard InChI is InChI=1S/C30H33N7O4/c1-5-28(38)34-22-14-23(26(41-4)15-25(22)36(3)17-20-10-8-12-35(20)2)33-27-13-19-9-6-7-11-24(19)37(27)29-21(30(39)40)16-31-18-32-29/h5-7,9,11,13-16,18,20,33H,1,8,10,12,17H2,2-4H3,(H,34,38)(H,39,40). The highest BCUT2D eigenvalue weighted by Gasteiger charge is 2.25. The third-order valence-electron chi connectivity index (χ3n) is 7.44. The monoisotopic (exact) mass is 555 g/mol. The number of hydrogen-bond acceptors (Lipinski definition) is 8. The van der Waals surface area contributed by atoms with E-state index >= 15 is 0 Å². The molecule has 2 aromatic carbocycles. The fourth-order valence-corrected chi connectivity index (χ4v) is 5.32. The predicted octanol–water partition coefficient (Wildman–Crippen LogP) is 4.53. The minimum Gasteiger partial charge on any atom is -0.494 e. The smallest absolute Gasteiger partial charge is 0.341 e. The summed E-state index contributed by atoms with van der Waals surface area (Å²) < 4.78 is 7.54. The van der Waals surface area contributed by atoms with E-state index in [2.05, 4.69) is 44.0 Å². The van der Waals surface area contributed by atoms with Crippen molar-refractivity contribution in [2.75, 3.05) is 49.8 Å². The van der Waals surface area contributed by atoms with Gasteiger partial charge in [-0.2, -0.15) is 0 Å². The molecule has 1 aliphatic heterocycles. The number of benzene rings is 2. The molecule has 1 fully saturated rings. The number of methoxy groups -OCH3 is 1. The lowest BCUT2D eigenvalue weighted by atomic mass is 10.1. The van der Waals surface area contributed by atoms with E-state index in [9.17, 15) is 14.7 Å². The van der Waals surface area contributed by atoms with Gasteiger partial charge in [0.1, 0.15) is 23.5 Å². The first-order chi connectivity index (χ1) is 19.8. The van der Waals surface area contributed by atoms with E-state index < -0.39 is 5.97 Å². The number of fused-ring (bicyclic) bond motifs is 1. The van der Waals surface area contributed by atoms with E-state index in [0.29, 0.717) is 29.0 Å². The maximum absolute atomic E-state index is 12.5. The molecule has 1 atom stereocenters. The Balaban J connectivity index is 1.61. The average molecular weight is 556 g/mol. The molecule has 11 nitrogen and oxygen atoms in total. The van der Waals surface area contributed by atoms with Gasteiger partial charge >= 0.3 is 5.97 Å². The number of nitrogens with zero attached hydrogens (tertiary/aromatic N) is 5. The van der Waals surface area contributed by atoms with Crippen LogP contribution in [0.1, 0.15) is 23.2 Å². The Morgan fingerprint density at radius 3 is 2.76 bits per heavy atom. The summed E-state index contributed by atoms with van der Waals surface area (Å²) in [6.07, 6.45) is 6.09. The van der Waals surface area contributed by atoms with Crippen LogP contribution in [-0.2, 0) is 4.79 Å². The molecular formula is C30H33N7O4. The normalized spacial score (nSPS) is 15.0. The first-order valence-corrected chi connectivity index (χ1v) is 13.3. The maximum Gasteiger partial charge on any atom is 0.341 e. The zero-order valence-electron chi connectivity index (χ0n) is 23.3. The number of anilines is 4. The Kier molecular flexibility index (Phi) is 7.88. The van der Waals surface area contributed by atoms with Crippen molar-refractivity contribution < 1.29 is 19.4 Å². The summed E-state index contributed by atoms with van der Waals surface area (Å²) in [6.45, 7) is 5.45. The number of aromatic nitrogens is 3. The molecule has 212 valence electrons. The minimum absolute atomic E-state index is 0.0448. The fraction of sp³-hybridized carbons (Fsp3) is 0.267. The lowest BCUT2D eigenvalue weighted by molar-refractivity contribution is -0.111. The lowest BCUT2D eigenvalue weighted by Crippen LogP contribution is -2.37. The van der Waals surface area contributed by atoms with Crippen LogP contribution in [-0.4, -0.2) is 76.8 Å². The van der Waals surface area contributed by atoms with Gasteiger partial charge in [0.15, 0.2) is 5.82 Å². The van der Waals surface area contributed by atoms with Gasteiger partial charge in [-0.1, -0.05) is 24.8 Å². The number of carboxylic acids is 1. The molecule has 5 rings (SSSR count). The number of para-hydroxylation sites is 1. The van der Waals surface area contributed by atoms with Gasteiger partial charge < -0.3 is 30.3 Å². The molecule has 11 heteroatoms. The maximum atomic E-state index is 12.5. The second-order valence-corrected chi connectivity index (χ2v) is 10.0. The van der Waals surface area contributed by atoms with E-state index in [-0.39, 0.29) is 17.3 Å². The molecule has 0 spiro atoms. The molecular weight excluding hydrogens is 522 g/mol. The second-order valence-electron chi connectivity index (χ2n) is 10.0. The number of aromatic carboxylic acids is 1. The minimum atomic E-state index is -1.14. The molecule has 1 aliphatic rings. The van der Waals surface area contributed by atoms with Crippen LogP contribution in [0.3, 0.4) is 0 Å². The number of likely N-dealkylation sites (tertiary alicyclic amines) is 1. The van der Waals surface area contributed by atoms with Crippen LogP contribution >= 0.6 is 0 Å². The van der Waals surface area contributed by atoms with Crippen molar-refractivity contribution in [2.45, 2.75) is 18.9 Å². The van der Waals surface area contributed by atoms with Crippen LogP contribution in [0.4, 0.5) is 22.9 Å². The first-order valence-electron chi connectivity index (χ1n) is 13.3. The molecule has 0 saturated carbocycles. The summed E-state index contributed by atoms with van der Waals surface area (Å²) in [6, 6.07) is 13.6. The van der Waals surface area contributed by atoms with E-state index in [1.807, 2.05) is 49.5 Å². The highest BCUT2D eigenvalue weighted by Crippen LogP contribution is 2.40. The van der Waals surface area contributed by atoms with Crippen LogP contribution in [0.5, 0.6) is 5.75 Å². The number of carbonyl (C=O) groups excluding carboxylic acids is 1. The van der Waals surface area contributed by atoms with Crippen LogP contribution in [0.15, 0.2) is 67.6 Å². The number of rotatable bonds is 10. The topological polar surface area (TPSA) is 125 Å². The van der Waals surface area contributed by atoms with Crippen molar-refractivity contribution >= 4 is 45.7 Å². The van der Waals surface area contributed by atoms with Crippen LogP contribution in [0, 0.1) is 0 Å². The number of amides is 1. The third kappa shape index (κ3) is 5.57. The molecule has 0 aliphatic carbocycles. The Morgan fingerprint density at radius 1 is 1.24 bits per heavy atom. The van der Waals surface area contributed by atoms with Gasteiger partial charge in [-0.25, -0.2) is 14.8 Å². The predicted molar refractivity (Wildman–Crippen MR) is 160 cm³/mol. The number of ether oxygens (including phenoxy) is 1. The zero-order chi connectivity index (χ0) is 29.1. The van der Waals surface area contributed by atoms with Gasteiger partial charge in [0.25, 0.3) is 0 Å². The number of nitrogens with one attached hydrogen (secondary N) is 2. The molecule has 1 unspecified atom stereocenters. The quantitative estimate of drug-likeness (QED) is 0.242. The van der Waals surface area contributed by atoms with Gasteiger partial charge in [-0.15, -0.1) is 0 Å². The number of likely N-dealkylation sites (N-methyl/N-ethyl adjacent to an activating group) is 2. The van der Waals surface area contributed by atoms with Crippen LogP contribution < -0.4 is 20.3 Å². The Hall–Kier alpha value is -4.90. The van der Waals surface area contributed by atoms with E-state index in [1.165, 1.54) is 18.6 Å². The number of carboxylic acid groups (broad SMARTS) is 1. The Bertz CT molecular complexity index is 1620. The molecule has 1 amide bonds. The molecule has 41 heavy (non-hydrogen) atoms. The van der Waals surface area contributed by atoms with Crippen molar-refractivity contribution in [1.29, 1.82) is 0 Å². The molecule has 3 heterocycles. The fourth-order valence-electron chi connectivity index (χ4n) is 5.32. The molecule has 2 aromatic heterocycles. The highest BCUT2D eigenvalue weighted by molar-refractivity contribution is 6.02. The molecule has 0 bridgehead atoms. The van der Waals surface area contributed by atoms with Crippen molar-refractivity contribution in [3.8, 4) is 11.6 Å². The second kappa shape index (κ2) is 11.7. The van der Waals surface area contributed by atoms with Gasteiger partial charge in [0, 0.05) is 37.3 Å². The summed E-state index contributed by atoms with van der Waals surface area (Å²) in [4.78, 5) is 37.2. The molecule has 3 N–H and O–H groups in total. The van der Waals surface area contributed by atoms with Crippen molar-refractivity contribution in [1.82, 2.24) is 19.4 Å². The van der Waals surface area contributed by atoms with Crippen molar-refractivity contribution in [3.63, 3.8) is 0 Å². The van der Waals surface area contributed by atoms with Crippen molar-refractivity contribution in [3.05, 3.63) is 73.2 Å². The van der Waals surface area contributed by atoms with Crippen molar-refractivity contribution in [2.24, 2.45) is 0 Å². The van der Waals surface area contributed by atoms with Gasteiger partial charge in [0.05, 0.1) is 29.7 Å². The zero-order valence-corrected chi connectivity index (χ0v) is 23.3. The summed E-state index contributed by atoms with van der Waals surface area (Å²) in [5, 5.41) is 17.1. The highest BCUT2D eigenvalue weighted by atomic mass is 16.5. The molecule has 1 saturated heterocycles. The SMILES string of the molecule is C=CC(=O)Nc1cc(Nc2cc3ccccc3n2-c2ncncc2C(=O)O)c(OC)cc1N(C)CC1CCCN1C. The summed E-state index contributed by atoms with van der Waals surface area (Å²) in [7, 11) is 5.71. The third-order valence-corrected chi connectivity index (χ3v) is 7.44. The van der Waals surface area contributed by atoms with Crippen LogP contribution in [0.25, 0.3) is 16.7 Å². The molecule has 4 aromatic rings. The number of hydrogen-bond donors (Lipinski definition) is 3. The average Bonchev–Trinajstić information content (AvgIpc) is 3.55. The van der Waals surface area contributed by atoms with Gasteiger partial charge in [0.2, 0.25) is 5.91 Å². The summed E-state index contributed by atoms with van der Waals surface area (Å²) >= 11 is 0. The molecule has 0 radical (unpaired) electrons. The Labute approximate surface area is 238 Å². The lowest BCUT2D eigenvalue weighted by Gasteiger charge is -2.29. The summed E-state index contributed by atoms with van der Waals surface area (Å²) in [5.74, 6) is -0.166. The van der Waals surface area contributed by atoms with E-state index in [4.69, 9.17) is 4.74 Å². The van der Waals surface area contributed by atoms with Gasteiger partial charge in [-0.3, -0.25) is 9.36 Å². The Morgan fingerprint density at radius 2 is 2.05 bits per heavy atom. The van der Waals surface area contributed by atoms with E-state index in [1.54, 1.807) is 11.7 Å². The van der Waals surface area contributed by atoms with Gasteiger partial charge in [-0.05, 0) is 50.7 Å². The van der Waals surface area contributed by atoms with Crippen LogP contribution in [0.2, 0.25) is 0 Å². The first kappa shape index (κ1) is 27.7.